The third-order valence-corrected chi connectivity index (χ3v) is 4.69. The predicted octanol–water partition coefficient (Wildman–Crippen LogP) is 3.33. The fraction of sp³-hybridized carbons (Fsp3) is 0.533. The van der Waals surface area contributed by atoms with Crippen molar-refractivity contribution in [1.82, 2.24) is 19.7 Å². The number of nitrogens with zero attached hydrogens (tertiary/aromatic N) is 4. The van der Waals surface area contributed by atoms with Crippen molar-refractivity contribution in [2.75, 3.05) is 5.75 Å². The first-order valence-electron chi connectivity index (χ1n) is 7.25. The molecule has 0 N–H and O–H groups in total. The Kier molecular flexibility index (Phi) is 4.05. The van der Waals surface area contributed by atoms with Crippen LogP contribution in [0.25, 0.3) is 11.3 Å². The second kappa shape index (κ2) is 5.95. The minimum Gasteiger partial charge on any atom is -0.272 e. The highest BCUT2D eigenvalue weighted by Gasteiger charge is 2.22. The van der Waals surface area contributed by atoms with E-state index in [2.05, 4.69) is 22.0 Å². The van der Waals surface area contributed by atoms with Crippen molar-refractivity contribution in [2.24, 2.45) is 13.0 Å². The second-order valence-corrected chi connectivity index (χ2v) is 6.52. The van der Waals surface area contributed by atoms with Crippen molar-refractivity contribution in [3.63, 3.8) is 0 Å². The molecule has 3 rings (SSSR count). The first-order chi connectivity index (χ1) is 9.78. The molecule has 2 heterocycles. The van der Waals surface area contributed by atoms with Crippen LogP contribution in [-0.2, 0) is 13.5 Å². The van der Waals surface area contributed by atoms with Crippen molar-refractivity contribution in [3.05, 3.63) is 24.2 Å². The average Bonchev–Trinajstić information content (AvgIpc) is 2.76. The molecular weight excluding hydrogens is 268 g/mol. The smallest absolute Gasteiger partial charge is 0.188 e. The molecule has 106 valence electrons. The molecule has 2 aromatic heterocycles. The molecule has 0 atom stereocenters. The van der Waals surface area contributed by atoms with Gasteiger partial charge in [0.25, 0.3) is 0 Å². The van der Waals surface area contributed by atoms with Gasteiger partial charge in [-0.1, -0.05) is 37.9 Å². The molecular formula is C15H20N4S. The van der Waals surface area contributed by atoms with Gasteiger partial charge >= 0.3 is 0 Å². The van der Waals surface area contributed by atoms with Crippen LogP contribution < -0.4 is 0 Å². The molecule has 1 aliphatic rings. The summed E-state index contributed by atoms with van der Waals surface area (Å²) in [6, 6.07) is 1.99. The Morgan fingerprint density at radius 2 is 2.25 bits per heavy atom. The zero-order valence-electron chi connectivity index (χ0n) is 12.0. The Hall–Kier alpha value is -1.36. The van der Waals surface area contributed by atoms with Gasteiger partial charge in [-0.2, -0.15) is 5.10 Å². The lowest BCUT2D eigenvalue weighted by Crippen LogP contribution is -2.16. The summed E-state index contributed by atoms with van der Waals surface area (Å²) in [6.45, 7) is 2.12. The molecule has 0 bridgehead atoms. The maximum Gasteiger partial charge on any atom is 0.188 e. The van der Waals surface area contributed by atoms with E-state index in [9.17, 15) is 0 Å². The lowest BCUT2D eigenvalue weighted by atomic mass is 9.81. The molecule has 0 unspecified atom stereocenters. The molecule has 1 saturated carbocycles. The van der Waals surface area contributed by atoms with E-state index in [1.807, 2.05) is 30.2 Å². The van der Waals surface area contributed by atoms with Gasteiger partial charge in [-0.3, -0.25) is 4.68 Å². The summed E-state index contributed by atoms with van der Waals surface area (Å²) in [5.41, 5.74) is 3.47. The van der Waals surface area contributed by atoms with E-state index in [1.54, 1.807) is 11.8 Å². The van der Waals surface area contributed by atoms with Gasteiger partial charge in [0, 0.05) is 24.5 Å². The number of aromatic nitrogens is 4. The van der Waals surface area contributed by atoms with E-state index >= 15 is 0 Å². The first kappa shape index (κ1) is 13.6. The van der Waals surface area contributed by atoms with Gasteiger partial charge in [-0.05, 0) is 24.2 Å². The first-order valence-corrected chi connectivity index (χ1v) is 8.23. The number of rotatable bonds is 5. The van der Waals surface area contributed by atoms with Crippen molar-refractivity contribution in [1.29, 1.82) is 0 Å². The van der Waals surface area contributed by atoms with Gasteiger partial charge in [-0.15, -0.1) is 0 Å². The maximum atomic E-state index is 4.66. The quantitative estimate of drug-likeness (QED) is 0.625. The highest BCUT2D eigenvalue weighted by atomic mass is 32.2. The van der Waals surface area contributed by atoms with Gasteiger partial charge in [0.2, 0.25) is 0 Å². The van der Waals surface area contributed by atoms with Crippen molar-refractivity contribution < 1.29 is 0 Å². The summed E-state index contributed by atoms with van der Waals surface area (Å²) in [5.74, 6) is 1.82. The lowest BCUT2D eigenvalue weighted by Gasteiger charge is -2.25. The summed E-state index contributed by atoms with van der Waals surface area (Å²) >= 11 is 1.68. The molecule has 1 aliphatic carbocycles. The molecule has 1 fully saturated rings. The Balaban J connectivity index is 1.90. The minimum atomic E-state index is 0.829. The van der Waals surface area contributed by atoms with Gasteiger partial charge in [0.1, 0.15) is 0 Å². The van der Waals surface area contributed by atoms with Crippen LogP contribution in [0.15, 0.2) is 23.6 Å². The van der Waals surface area contributed by atoms with Crippen molar-refractivity contribution in [3.8, 4) is 11.3 Å². The third-order valence-electron chi connectivity index (χ3n) is 3.95. The van der Waals surface area contributed by atoms with Crippen LogP contribution in [-0.4, -0.2) is 25.5 Å². The fourth-order valence-corrected chi connectivity index (χ4v) is 3.14. The third kappa shape index (κ3) is 2.73. The number of hydrogen-bond acceptors (Lipinski definition) is 4. The Morgan fingerprint density at radius 1 is 1.40 bits per heavy atom. The predicted molar refractivity (Wildman–Crippen MR) is 81.7 cm³/mol. The number of hydrogen-bond donors (Lipinski definition) is 0. The average molecular weight is 288 g/mol. The van der Waals surface area contributed by atoms with Crippen LogP contribution in [0.1, 0.15) is 31.9 Å². The van der Waals surface area contributed by atoms with Gasteiger partial charge in [0.05, 0.1) is 11.9 Å². The highest BCUT2D eigenvalue weighted by molar-refractivity contribution is 7.99. The van der Waals surface area contributed by atoms with Crippen LogP contribution >= 0.6 is 11.8 Å². The maximum absolute atomic E-state index is 4.66. The highest BCUT2D eigenvalue weighted by Crippen LogP contribution is 2.33. The fourth-order valence-electron chi connectivity index (χ4n) is 2.58. The van der Waals surface area contributed by atoms with E-state index in [-0.39, 0.29) is 0 Å². The van der Waals surface area contributed by atoms with Crippen LogP contribution in [0.5, 0.6) is 0 Å². The summed E-state index contributed by atoms with van der Waals surface area (Å²) in [5, 5.41) is 5.28. The van der Waals surface area contributed by atoms with Gasteiger partial charge in [0.15, 0.2) is 5.16 Å². The van der Waals surface area contributed by atoms with Gasteiger partial charge in [-0.25, -0.2) is 9.97 Å². The molecule has 2 aromatic rings. The monoisotopic (exact) mass is 288 g/mol. The normalized spacial score (nSPS) is 15.3. The Bertz CT molecular complexity index is 589. The molecule has 0 radical (unpaired) electrons. The van der Waals surface area contributed by atoms with Crippen molar-refractivity contribution >= 4 is 11.8 Å². The summed E-state index contributed by atoms with van der Waals surface area (Å²) in [7, 11) is 2.03. The van der Waals surface area contributed by atoms with Crippen LogP contribution in [0.3, 0.4) is 0 Å². The van der Waals surface area contributed by atoms with E-state index in [1.165, 1.54) is 30.5 Å². The Morgan fingerprint density at radius 3 is 2.95 bits per heavy atom. The molecule has 0 aromatic carbocycles. The summed E-state index contributed by atoms with van der Waals surface area (Å²) < 4.78 is 2.00. The van der Waals surface area contributed by atoms with E-state index < -0.39 is 0 Å². The van der Waals surface area contributed by atoms with Crippen LogP contribution in [0.4, 0.5) is 0 Å². The minimum absolute atomic E-state index is 0.829. The van der Waals surface area contributed by atoms with E-state index in [0.29, 0.717) is 0 Å². The largest absolute Gasteiger partial charge is 0.272 e. The number of thioether (sulfide) groups is 1. The zero-order chi connectivity index (χ0) is 13.9. The Labute approximate surface area is 124 Å². The molecule has 4 nitrogen and oxygen atoms in total. The lowest BCUT2D eigenvalue weighted by molar-refractivity contribution is 0.309. The molecule has 5 heteroatoms. The molecule has 0 spiro atoms. The SMILES string of the molecule is CCSc1nccc(-c2cnn(C)c2CC2CCC2)n1. The van der Waals surface area contributed by atoms with Crippen LogP contribution in [0, 0.1) is 5.92 Å². The van der Waals surface area contributed by atoms with E-state index in [4.69, 9.17) is 0 Å². The number of aryl methyl sites for hydroxylation is 1. The molecule has 20 heavy (non-hydrogen) atoms. The molecule has 0 saturated heterocycles. The zero-order valence-corrected chi connectivity index (χ0v) is 12.9. The van der Waals surface area contributed by atoms with Crippen molar-refractivity contribution in [2.45, 2.75) is 37.8 Å². The second-order valence-electron chi connectivity index (χ2n) is 5.29. The van der Waals surface area contributed by atoms with Gasteiger partial charge < -0.3 is 0 Å². The molecule has 0 aliphatic heterocycles. The standard InChI is InChI=1S/C15H20N4S/c1-3-20-15-16-8-7-13(18-15)12-10-17-19(2)14(12)9-11-5-4-6-11/h7-8,10-11H,3-6,9H2,1-2H3. The summed E-state index contributed by atoms with van der Waals surface area (Å²) in [4.78, 5) is 8.96. The summed E-state index contributed by atoms with van der Waals surface area (Å²) in [6.07, 6.45) is 8.99. The van der Waals surface area contributed by atoms with Crippen LogP contribution in [0.2, 0.25) is 0 Å². The topological polar surface area (TPSA) is 43.6 Å². The molecule has 0 amide bonds. The van der Waals surface area contributed by atoms with E-state index in [0.717, 1.165) is 28.9 Å².